The number of thiazole rings is 1. The van der Waals surface area contributed by atoms with E-state index in [1.54, 1.807) is 11.8 Å². The number of aryl methyl sites for hydroxylation is 4. The molecule has 0 unspecified atom stereocenters. The molecule has 2 N–H and O–H groups in total. The number of urea groups is 1. The van der Waals surface area contributed by atoms with Gasteiger partial charge in [0.2, 0.25) is 0 Å². The fourth-order valence-corrected chi connectivity index (χ4v) is 3.74. The number of hydrogen-bond donors (Lipinski definition) is 2. The maximum atomic E-state index is 12.7. The van der Waals surface area contributed by atoms with Crippen molar-refractivity contribution >= 4 is 34.1 Å². The minimum absolute atomic E-state index is 0.207. The molecule has 0 aliphatic rings. The summed E-state index contributed by atoms with van der Waals surface area (Å²) in [5.41, 5.74) is 4.63. The summed E-state index contributed by atoms with van der Waals surface area (Å²) in [6, 6.07) is 3.87. The highest BCUT2D eigenvalue weighted by atomic mass is 32.1. The Labute approximate surface area is 158 Å². The van der Waals surface area contributed by atoms with Gasteiger partial charge in [-0.15, -0.1) is 0 Å². The first-order valence-corrected chi connectivity index (χ1v) is 9.51. The number of nitrogens with one attached hydrogen (secondary N) is 2. The van der Waals surface area contributed by atoms with E-state index in [-0.39, 0.29) is 11.9 Å². The molecule has 0 spiro atoms. The number of anilines is 2. The number of hydrogen-bond acceptors (Lipinski definition) is 4. The van der Waals surface area contributed by atoms with Gasteiger partial charge in [-0.05, 0) is 52.7 Å². The second kappa shape index (κ2) is 8.31. The smallest absolute Gasteiger partial charge is 0.323 e. The summed E-state index contributed by atoms with van der Waals surface area (Å²) in [5.74, 6) is -0.210. The van der Waals surface area contributed by atoms with Crippen molar-refractivity contribution in [2.75, 3.05) is 23.7 Å². The monoisotopic (exact) mass is 374 g/mol. The normalized spacial score (nSPS) is 10.5. The highest BCUT2D eigenvalue weighted by Gasteiger charge is 2.19. The first-order valence-electron chi connectivity index (χ1n) is 8.69. The lowest BCUT2D eigenvalue weighted by atomic mass is 10.1. The Bertz CT molecular complexity index is 802. The Balaban J connectivity index is 2.18. The van der Waals surface area contributed by atoms with Crippen molar-refractivity contribution < 1.29 is 9.59 Å². The second-order valence-corrected chi connectivity index (χ2v) is 7.26. The average molecular weight is 375 g/mol. The maximum Gasteiger partial charge on any atom is 0.323 e. The molecule has 6 nitrogen and oxygen atoms in total. The molecule has 26 heavy (non-hydrogen) atoms. The fraction of sp³-hybridized carbons (Fsp3) is 0.421. The summed E-state index contributed by atoms with van der Waals surface area (Å²) in [7, 11) is 0. The Hall–Kier alpha value is -2.41. The number of rotatable bonds is 5. The van der Waals surface area contributed by atoms with Crippen LogP contribution >= 0.6 is 11.3 Å². The molecule has 7 heteroatoms. The first kappa shape index (κ1) is 19.9. The Morgan fingerprint density at radius 3 is 2.15 bits per heavy atom. The molecule has 0 saturated heterocycles. The topological polar surface area (TPSA) is 74.3 Å². The van der Waals surface area contributed by atoms with E-state index >= 15 is 0 Å². The number of carbonyl (C=O) groups is 2. The van der Waals surface area contributed by atoms with Gasteiger partial charge in [0.1, 0.15) is 4.88 Å². The van der Waals surface area contributed by atoms with Crippen LogP contribution in [-0.4, -0.2) is 34.9 Å². The van der Waals surface area contributed by atoms with Crippen LogP contribution in [-0.2, 0) is 0 Å². The Kier molecular flexibility index (Phi) is 6.37. The number of benzene rings is 1. The van der Waals surface area contributed by atoms with Crippen LogP contribution < -0.4 is 10.6 Å². The molecule has 1 aromatic heterocycles. The maximum absolute atomic E-state index is 12.7. The zero-order valence-electron chi connectivity index (χ0n) is 16.2. The van der Waals surface area contributed by atoms with E-state index in [1.165, 1.54) is 11.3 Å². The van der Waals surface area contributed by atoms with Crippen molar-refractivity contribution in [3.8, 4) is 0 Å². The van der Waals surface area contributed by atoms with Crippen molar-refractivity contribution in [2.45, 2.75) is 41.5 Å². The van der Waals surface area contributed by atoms with Gasteiger partial charge < -0.3 is 10.2 Å². The molecule has 0 aliphatic heterocycles. The molecule has 0 saturated carbocycles. The highest BCUT2D eigenvalue weighted by Crippen LogP contribution is 2.27. The molecule has 1 heterocycles. The number of nitrogens with zero attached hydrogens (tertiary/aromatic N) is 2. The Morgan fingerprint density at radius 2 is 1.62 bits per heavy atom. The van der Waals surface area contributed by atoms with Gasteiger partial charge in [-0.2, -0.15) is 0 Å². The van der Waals surface area contributed by atoms with E-state index < -0.39 is 0 Å². The number of amides is 3. The minimum atomic E-state index is -0.210. The van der Waals surface area contributed by atoms with Gasteiger partial charge in [-0.1, -0.05) is 29.0 Å². The quantitative estimate of drug-likeness (QED) is 0.809. The minimum Gasteiger partial charge on any atom is -0.325 e. The highest BCUT2D eigenvalue weighted by molar-refractivity contribution is 7.17. The van der Waals surface area contributed by atoms with Crippen LogP contribution in [0.4, 0.5) is 15.6 Å². The number of carbonyl (C=O) groups excluding carboxylic acids is 2. The summed E-state index contributed by atoms with van der Waals surface area (Å²) in [6.07, 6.45) is 0. The Morgan fingerprint density at radius 1 is 1.04 bits per heavy atom. The lowest BCUT2D eigenvalue weighted by molar-refractivity contribution is 0.102. The predicted octanol–water partition coefficient (Wildman–Crippen LogP) is 4.50. The molecule has 2 rings (SSSR count). The van der Waals surface area contributed by atoms with Crippen LogP contribution in [0.5, 0.6) is 0 Å². The molecule has 0 radical (unpaired) electrons. The van der Waals surface area contributed by atoms with Crippen LogP contribution in [0.2, 0.25) is 0 Å². The third-order valence-electron chi connectivity index (χ3n) is 4.18. The molecule has 0 aliphatic carbocycles. The standard InChI is InChI=1S/C19H26N4O2S/c1-7-23(8-2)19(25)22-18-20-14(6)16(26-18)17(24)21-15-12(4)9-11(3)10-13(15)5/h9-10H,7-8H2,1-6H3,(H,21,24)(H,20,22,25). The summed E-state index contributed by atoms with van der Waals surface area (Å²) in [4.78, 5) is 31.3. The van der Waals surface area contributed by atoms with Gasteiger partial charge in [-0.25, -0.2) is 9.78 Å². The molecule has 0 atom stereocenters. The van der Waals surface area contributed by atoms with E-state index in [9.17, 15) is 9.59 Å². The van der Waals surface area contributed by atoms with Gasteiger partial charge in [0.25, 0.3) is 5.91 Å². The molecule has 2 aromatic rings. The molecule has 140 valence electrons. The average Bonchev–Trinajstić information content (AvgIpc) is 2.92. The van der Waals surface area contributed by atoms with Crippen LogP contribution in [0.1, 0.15) is 45.9 Å². The van der Waals surface area contributed by atoms with Gasteiger partial charge in [0, 0.05) is 18.8 Å². The van der Waals surface area contributed by atoms with Crippen molar-refractivity contribution in [1.82, 2.24) is 9.88 Å². The SMILES string of the molecule is CCN(CC)C(=O)Nc1nc(C)c(C(=O)Nc2c(C)cc(C)cc2C)s1. The first-order chi connectivity index (χ1) is 12.3. The van der Waals surface area contributed by atoms with E-state index in [0.717, 1.165) is 22.4 Å². The van der Waals surface area contributed by atoms with Crippen molar-refractivity contribution in [1.29, 1.82) is 0 Å². The van der Waals surface area contributed by atoms with Gasteiger partial charge in [0.05, 0.1) is 5.69 Å². The van der Waals surface area contributed by atoms with Crippen molar-refractivity contribution in [2.24, 2.45) is 0 Å². The van der Waals surface area contributed by atoms with Crippen molar-refractivity contribution in [3.05, 3.63) is 39.4 Å². The molecule has 0 fully saturated rings. The van der Waals surface area contributed by atoms with Gasteiger partial charge in [-0.3, -0.25) is 10.1 Å². The van der Waals surface area contributed by atoms with E-state index in [1.807, 2.05) is 46.8 Å². The third kappa shape index (κ3) is 4.40. The van der Waals surface area contributed by atoms with Gasteiger partial charge >= 0.3 is 6.03 Å². The van der Waals surface area contributed by atoms with Gasteiger partial charge in [0.15, 0.2) is 5.13 Å². The molecular formula is C19H26N4O2S. The summed E-state index contributed by atoms with van der Waals surface area (Å²) in [6.45, 7) is 12.8. The summed E-state index contributed by atoms with van der Waals surface area (Å²) >= 11 is 1.19. The predicted molar refractivity (Wildman–Crippen MR) is 107 cm³/mol. The molecule has 1 aromatic carbocycles. The zero-order valence-corrected chi connectivity index (χ0v) is 17.0. The fourth-order valence-electron chi connectivity index (χ4n) is 2.89. The van der Waals surface area contributed by atoms with Crippen LogP contribution in [0.25, 0.3) is 0 Å². The second-order valence-electron chi connectivity index (χ2n) is 6.26. The van der Waals surface area contributed by atoms with Crippen LogP contribution in [0, 0.1) is 27.7 Å². The zero-order chi connectivity index (χ0) is 19.4. The third-order valence-corrected chi connectivity index (χ3v) is 5.25. The lowest BCUT2D eigenvalue weighted by Gasteiger charge is -2.17. The molecular weight excluding hydrogens is 348 g/mol. The summed E-state index contributed by atoms with van der Waals surface area (Å²) < 4.78 is 0. The van der Waals surface area contributed by atoms with Crippen LogP contribution in [0.15, 0.2) is 12.1 Å². The molecule has 3 amide bonds. The van der Waals surface area contributed by atoms with E-state index in [2.05, 4.69) is 15.6 Å². The van der Waals surface area contributed by atoms with E-state index in [4.69, 9.17) is 0 Å². The van der Waals surface area contributed by atoms with Crippen LogP contribution in [0.3, 0.4) is 0 Å². The lowest BCUT2D eigenvalue weighted by Crippen LogP contribution is -2.34. The van der Waals surface area contributed by atoms with Crippen molar-refractivity contribution in [3.63, 3.8) is 0 Å². The number of aromatic nitrogens is 1. The summed E-state index contributed by atoms with van der Waals surface area (Å²) in [5, 5.41) is 6.18. The molecule has 0 bridgehead atoms. The largest absolute Gasteiger partial charge is 0.325 e. The van der Waals surface area contributed by atoms with E-state index in [0.29, 0.717) is 28.8 Å².